The number of hydrogen-bond donors (Lipinski definition) is 5. The van der Waals surface area contributed by atoms with Crippen LogP contribution in [-0.2, 0) is 33.3 Å². The number of ketones is 2. The van der Waals surface area contributed by atoms with E-state index in [1.54, 1.807) is 25.2 Å². The summed E-state index contributed by atoms with van der Waals surface area (Å²) in [7, 11) is 1.61. The van der Waals surface area contributed by atoms with Gasteiger partial charge in [-0.25, -0.2) is 4.79 Å². The van der Waals surface area contributed by atoms with Crippen LogP contribution in [0.25, 0.3) is 5.70 Å². The Bertz CT molecular complexity index is 2300. The molecule has 0 bridgehead atoms. The van der Waals surface area contributed by atoms with Crippen LogP contribution in [0, 0.1) is 11.8 Å². The highest BCUT2D eigenvalue weighted by atomic mass is 19.4. The van der Waals surface area contributed by atoms with E-state index in [0.29, 0.717) is 84.3 Å². The maximum atomic E-state index is 12.1. The molecule has 0 spiro atoms. The molecule has 0 radical (unpaired) electrons. The van der Waals surface area contributed by atoms with Gasteiger partial charge in [-0.2, -0.15) is 0 Å². The van der Waals surface area contributed by atoms with Gasteiger partial charge in [-0.3, -0.25) is 19.2 Å². The van der Waals surface area contributed by atoms with Crippen LogP contribution in [0.3, 0.4) is 0 Å². The molecule has 0 aliphatic heterocycles. The topological polar surface area (TPSA) is 241 Å². The third-order valence-corrected chi connectivity index (χ3v) is 12.5. The molecule has 0 saturated heterocycles. The Hall–Kier alpha value is -6.55. The molecule has 2 aliphatic rings. The molecule has 2 saturated carbocycles. The SMILES string of the molecule is CC(=O)c1cccc(OCC(=O)NCCOCCOCCOCCOCCNC(=C2CCC2)c2ccc(OC3CCCCC3)cc2)c1C(C)=O.CCC(C)C(C=O)CCC(=O)NC.NC(=O)Nc1ccc(OC(F)(F)F)cc1. The zero-order valence-corrected chi connectivity index (χ0v) is 45.7. The maximum Gasteiger partial charge on any atom is 0.573 e. The van der Waals surface area contributed by atoms with Gasteiger partial charge >= 0.3 is 12.4 Å². The lowest BCUT2D eigenvalue weighted by molar-refractivity contribution is -0.274. The van der Waals surface area contributed by atoms with Crippen LogP contribution < -0.4 is 41.2 Å². The number of benzene rings is 3. The second-order valence-corrected chi connectivity index (χ2v) is 18.5. The molecule has 5 rings (SSSR count). The average molecular weight is 1100 g/mol. The Morgan fingerprint density at radius 1 is 0.731 bits per heavy atom. The molecule has 2 fully saturated rings. The van der Waals surface area contributed by atoms with Crippen molar-refractivity contribution in [2.75, 3.05) is 84.9 Å². The maximum absolute atomic E-state index is 12.1. The third kappa shape index (κ3) is 27.2. The Kier molecular flexibility index (Phi) is 31.4. The molecule has 0 heterocycles. The number of rotatable bonds is 32. The van der Waals surface area contributed by atoms with Gasteiger partial charge in [0.25, 0.3) is 5.91 Å². The quantitative estimate of drug-likeness (QED) is 0.0223. The van der Waals surface area contributed by atoms with Crippen molar-refractivity contribution < 1.29 is 75.1 Å². The number of nitrogens with one attached hydrogen (secondary N) is 4. The summed E-state index contributed by atoms with van der Waals surface area (Å²) in [6.07, 6.45) is 8.42. The summed E-state index contributed by atoms with van der Waals surface area (Å²) in [5, 5.41) is 11.0. The van der Waals surface area contributed by atoms with Crippen molar-refractivity contribution in [3.05, 3.63) is 89.0 Å². The largest absolute Gasteiger partial charge is 0.573 e. The number of primary amides is 1. The van der Waals surface area contributed by atoms with E-state index in [1.165, 1.54) is 68.5 Å². The van der Waals surface area contributed by atoms with Crippen molar-refractivity contribution in [1.82, 2.24) is 16.0 Å². The molecule has 78 heavy (non-hydrogen) atoms. The third-order valence-electron chi connectivity index (χ3n) is 12.5. The number of Topliss-reactive ketones (excluding diaryl/α,β-unsaturated/α-hetero) is 2. The second kappa shape index (κ2) is 37.3. The first kappa shape index (κ1) is 65.7. The van der Waals surface area contributed by atoms with Crippen molar-refractivity contribution in [3.8, 4) is 17.2 Å². The van der Waals surface area contributed by atoms with Gasteiger partial charge in [0.2, 0.25) is 5.91 Å². The highest BCUT2D eigenvalue weighted by Gasteiger charge is 2.31. The van der Waals surface area contributed by atoms with E-state index in [2.05, 4.69) is 57.2 Å². The van der Waals surface area contributed by atoms with Crippen LogP contribution in [0.5, 0.6) is 17.2 Å². The lowest BCUT2D eigenvalue weighted by atomic mass is 9.88. The summed E-state index contributed by atoms with van der Waals surface area (Å²) < 4.78 is 72.9. The second-order valence-electron chi connectivity index (χ2n) is 18.5. The van der Waals surface area contributed by atoms with Crippen LogP contribution in [0.15, 0.2) is 72.3 Å². The van der Waals surface area contributed by atoms with Crippen molar-refractivity contribution in [2.24, 2.45) is 17.6 Å². The van der Waals surface area contributed by atoms with Crippen LogP contribution >= 0.6 is 0 Å². The van der Waals surface area contributed by atoms with Crippen molar-refractivity contribution in [3.63, 3.8) is 0 Å². The number of anilines is 1. The van der Waals surface area contributed by atoms with Crippen LogP contribution in [0.1, 0.15) is 125 Å². The number of ether oxygens (including phenoxy) is 7. The molecule has 21 heteroatoms. The molecule has 6 N–H and O–H groups in total. The summed E-state index contributed by atoms with van der Waals surface area (Å²) in [5.41, 5.74) is 9.47. The summed E-state index contributed by atoms with van der Waals surface area (Å²) in [6, 6.07) is 17.1. The molecule has 2 aliphatic carbocycles. The number of nitrogens with two attached hydrogens (primary N) is 1. The molecule has 2 unspecified atom stereocenters. The monoisotopic (exact) mass is 1100 g/mol. The minimum Gasteiger partial charge on any atom is -0.490 e. The molecule has 2 atom stereocenters. The standard InChI is InChI=1S/C39H54N2O9.C10H19NO2.C8H7F3N2O2/c1-29(42)35-12-7-13-36(38(35)30(2)43)49-28-37(44)40-18-20-45-22-24-47-26-27-48-25-23-46-21-19-41-39(31-8-6-9-31)32-14-16-34(17-15-32)50-33-10-4-3-5-11-33;1-4-8(2)9(7-12)5-6-10(13)11-3;9-8(10,11)15-6-3-1-5(2-4-6)13-7(12)14/h7,12-17,33,41H,3-6,8-11,18-28H2,1-2H3,(H,40,44);7-9H,4-6H2,1-3H3,(H,11,13);1-4H,(H3,12,13,14). The van der Waals surface area contributed by atoms with Gasteiger partial charge in [0.1, 0.15) is 23.5 Å². The van der Waals surface area contributed by atoms with Gasteiger partial charge in [0.15, 0.2) is 18.2 Å². The van der Waals surface area contributed by atoms with Gasteiger partial charge in [-0.15, -0.1) is 13.2 Å². The molecule has 4 amide bonds. The van der Waals surface area contributed by atoms with E-state index in [9.17, 15) is 41.9 Å². The number of aldehydes is 1. The number of urea groups is 1. The van der Waals surface area contributed by atoms with E-state index >= 15 is 0 Å². The molecule has 0 aromatic heterocycles. The Labute approximate surface area is 456 Å². The Balaban J connectivity index is 0.000000463. The number of carbonyl (C=O) groups is 6. The van der Waals surface area contributed by atoms with Crippen LogP contribution in [-0.4, -0.2) is 128 Å². The van der Waals surface area contributed by atoms with E-state index in [4.69, 9.17) is 34.2 Å². The lowest BCUT2D eigenvalue weighted by Crippen LogP contribution is -2.32. The first-order valence-corrected chi connectivity index (χ1v) is 26.6. The number of allylic oxidation sites excluding steroid dienone is 1. The van der Waals surface area contributed by atoms with Gasteiger partial charge in [0, 0.05) is 49.4 Å². The van der Waals surface area contributed by atoms with Gasteiger partial charge in [-0.05, 0) is 137 Å². The van der Waals surface area contributed by atoms with E-state index in [0.717, 1.165) is 62.8 Å². The molecule has 3 aromatic rings. The van der Waals surface area contributed by atoms with E-state index < -0.39 is 12.4 Å². The fourth-order valence-corrected chi connectivity index (χ4v) is 7.98. The molecular formula is C57H80F3N5O13. The predicted molar refractivity (Wildman–Crippen MR) is 290 cm³/mol. The highest BCUT2D eigenvalue weighted by molar-refractivity contribution is 6.09. The van der Waals surface area contributed by atoms with Gasteiger partial charge in [-0.1, -0.05) is 38.8 Å². The lowest BCUT2D eigenvalue weighted by Gasteiger charge is -2.25. The first-order chi connectivity index (χ1) is 37.4. The van der Waals surface area contributed by atoms with Gasteiger partial charge < -0.3 is 65.0 Å². The number of hydrogen-bond acceptors (Lipinski definition) is 14. The van der Waals surface area contributed by atoms with E-state index in [-0.39, 0.29) is 64.2 Å². The van der Waals surface area contributed by atoms with Crippen molar-refractivity contribution >= 4 is 47.1 Å². The molecule has 18 nitrogen and oxygen atoms in total. The normalized spacial score (nSPS) is 13.8. The Morgan fingerprint density at radius 2 is 1.31 bits per heavy atom. The van der Waals surface area contributed by atoms with Crippen molar-refractivity contribution in [1.29, 1.82) is 0 Å². The highest BCUT2D eigenvalue weighted by Crippen LogP contribution is 2.33. The smallest absolute Gasteiger partial charge is 0.490 e. The fourth-order valence-electron chi connectivity index (χ4n) is 7.98. The summed E-state index contributed by atoms with van der Waals surface area (Å²) in [5.74, 6) is 0.324. The van der Waals surface area contributed by atoms with Crippen molar-refractivity contribution in [2.45, 2.75) is 111 Å². The summed E-state index contributed by atoms with van der Waals surface area (Å²) in [6.45, 7) is 11.2. The van der Waals surface area contributed by atoms with Gasteiger partial charge in [0.05, 0.1) is 64.5 Å². The summed E-state index contributed by atoms with van der Waals surface area (Å²) in [4.78, 5) is 67.9. The summed E-state index contributed by atoms with van der Waals surface area (Å²) >= 11 is 0. The number of amides is 4. The zero-order valence-electron chi connectivity index (χ0n) is 45.7. The minimum atomic E-state index is -4.72. The predicted octanol–water partition coefficient (Wildman–Crippen LogP) is 9.00. The Morgan fingerprint density at radius 3 is 1.81 bits per heavy atom. The molecular weight excluding hydrogens is 1020 g/mol. The number of alkyl halides is 3. The van der Waals surface area contributed by atoms with Crippen LogP contribution in [0.2, 0.25) is 0 Å². The van der Waals surface area contributed by atoms with Crippen LogP contribution in [0.4, 0.5) is 23.7 Å². The van der Waals surface area contributed by atoms with E-state index in [1.807, 2.05) is 6.92 Å². The molecule has 432 valence electrons. The number of carbonyl (C=O) groups excluding carboxylic acids is 6. The molecule has 3 aromatic carbocycles. The fraction of sp³-hybridized carbons (Fsp3) is 0.544. The zero-order chi connectivity index (χ0) is 57.1. The number of halogens is 3. The average Bonchev–Trinajstić information content (AvgIpc) is 3.40. The minimum absolute atomic E-state index is 0.00940. The first-order valence-electron chi connectivity index (χ1n) is 26.6.